The van der Waals surface area contributed by atoms with E-state index in [-0.39, 0.29) is 0 Å². The molecule has 3 aliphatic rings. The van der Waals surface area contributed by atoms with E-state index < -0.39 is 0 Å². The molecule has 2 nitrogen and oxygen atoms in total. The van der Waals surface area contributed by atoms with Crippen LogP contribution in [0, 0.1) is 11.3 Å². The molecular weight excluding hydrogens is 246 g/mol. The zero-order valence-electron chi connectivity index (χ0n) is 13.8. The van der Waals surface area contributed by atoms with Crippen LogP contribution in [-0.2, 0) is 4.74 Å². The van der Waals surface area contributed by atoms with Gasteiger partial charge in [-0.15, -0.1) is 0 Å². The smallest absolute Gasteiger partial charge is 0.0575 e. The lowest BCUT2D eigenvalue weighted by atomic mass is 9.69. The molecule has 0 aromatic heterocycles. The van der Waals surface area contributed by atoms with Gasteiger partial charge >= 0.3 is 0 Å². The second kappa shape index (κ2) is 8.38. The van der Waals surface area contributed by atoms with Gasteiger partial charge < -0.3 is 10.1 Å². The van der Waals surface area contributed by atoms with Gasteiger partial charge in [-0.25, -0.2) is 0 Å². The van der Waals surface area contributed by atoms with Crippen molar-refractivity contribution in [2.24, 2.45) is 11.3 Å². The first-order valence-corrected chi connectivity index (χ1v) is 9.10. The monoisotopic (exact) mass is 281 g/mol. The largest absolute Gasteiger partial charge is 0.379 e. The van der Waals surface area contributed by atoms with Crippen molar-refractivity contribution in [3.63, 3.8) is 0 Å². The van der Waals surface area contributed by atoms with E-state index in [0.717, 1.165) is 12.5 Å². The Morgan fingerprint density at radius 3 is 2.00 bits per heavy atom. The van der Waals surface area contributed by atoms with Gasteiger partial charge in [0.05, 0.1) is 6.10 Å². The molecular formula is C18H35NO. The first kappa shape index (κ1) is 16.3. The summed E-state index contributed by atoms with van der Waals surface area (Å²) in [6.45, 7) is 7.80. The van der Waals surface area contributed by atoms with Crippen LogP contribution >= 0.6 is 0 Å². The molecule has 2 saturated carbocycles. The highest BCUT2D eigenvalue weighted by Gasteiger charge is 2.40. The van der Waals surface area contributed by atoms with E-state index in [1.807, 2.05) is 0 Å². The van der Waals surface area contributed by atoms with Gasteiger partial charge in [0.1, 0.15) is 0 Å². The Morgan fingerprint density at radius 2 is 1.60 bits per heavy atom. The van der Waals surface area contributed by atoms with Crippen molar-refractivity contribution in [2.75, 3.05) is 19.7 Å². The molecule has 3 rings (SSSR count). The van der Waals surface area contributed by atoms with Gasteiger partial charge in [0, 0.05) is 19.7 Å². The maximum absolute atomic E-state index is 5.62. The van der Waals surface area contributed by atoms with E-state index in [9.17, 15) is 0 Å². The Kier molecular flexibility index (Phi) is 6.83. The molecule has 3 fully saturated rings. The second-order valence-corrected chi connectivity index (χ2v) is 7.17. The van der Waals surface area contributed by atoms with Crippen molar-refractivity contribution < 1.29 is 4.74 Å². The van der Waals surface area contributed by atoms with Crippen LogP contribution in [0.3, 0.4) is 0 Å². The van der Waals surface area contributed by atoms with Gasteiger partial charge in [-0.05, 0) is 43.9 Å². The number of hydrogen-bond acceptors (Lipinski definition) is 2. The van der Waals surface area contributed by atoms with Crippen molar-refractivity contribution in [3.8, 4) is 0 Å². The first-order valence-electron chi connectivity index (χ1n) is 9.10. The lowest BCUT2D eigenvalue weighted by Crippen LogP contribution is -2.55. The topological polar surface area (TPSA) is 21.3 Å². The van der Waals surface area contributed by atoms with E-state index in [4.69, 9.17) is 4.74 Å². The zero-order chi connectivity index (χ0) is 14.3. The SMILES string of the molecule is CCC1CCCCC1.CCOC1CCC2(CC1)CNC2. The van der Waals surface area contributed by atoms with Gasteiger partial charge in [-0.3, -0.25) is 0 Å². The average Bonchev–Trinajstić information content (AvgIpc) is 2.48. The summed E-state index contributed by atoms with van der Waals surface area (Å²) in [6.07, 6.45) is 14.8. The molecule has 0 unspecified atom stereocenters. The Bertz CT molecular complexity index is 246. The summed E-state index contributed by atoms with van der Waals surface area (Å²) in [5.74, 6) is 1.09. The second-order valence-electron chi connectivity index (χ2n) is 7.17. The maximum atomic E-state index is 5.62. The van der Waals surface area contributed by atoms with Crippen LogP contribution in [-0.4, -0.2) is 25.8 Å². The van der Waals surface area contributed by atoms with E-state index in [2.05, 4.69) is 19.2 Å². The van der Waals surface area contributed by atoms with Crippen LogP contribution in [0.1, 0.15) is 78.1 Å². The Labute approximate surface area is 126 Å². The molecule has 2 aliphatic carbocycles. The normalized spacial score (nSPS) is 26.7. The number of rotatable bonds is 3. The molecule has 0 aromatic carbocycles. The predicted molar refractivity (Wildman–Crippen MR) is 86.1 cm³/mol. The molecule has 0 atom stereocenters. The van der Waals surface area contributed by atoms with Crippen LogP contribution in [0.5, 0.6) is 0 Å². The van der Waals surface area contributed by atoms with Crippen molar-refractivity contribution in [1.82, 2.24) is 5.32 Å². The Hall–Kier alpha value is -0.0800. The number of hydrogen-bond donors (Lipinski definition) is 1. The van der Waals surface area contributed by atoms with Crippen LogP contribution in [0.25, 0.3) is 0 Å². The lowest BCUT2D eigenvalue weighted by Gasteiger charge is -2.47. The predicted octanol–water partition coefficient (Wildman–Crippen LogP) is 4.53. The zero-order valence-corrected chi connectivity index (χ0v) is 13.8. The standard InChI is InChI=1S/C10H19NO.C8H16/c1-2-12-9-3-5-10(6-4-9)7-11-8-10;1-2-8-6-4-3-5-7-8/h9,11H,2-8H2,1H3;8H,2-7H2,1H3. The summed E-state index contributed by atoms with van der Waals surface area (Å²) in [6, 6.07) is 0. The molecule has 1 N–H and O–H groups in total. The highest BCUT2D eigenvalue weighted by atomic mass is 16.5. The fraction of sp³-hybridized carbons (Fsp3) is 1.00. The summed E-state index contributed by atoms with van der Waals surface area (Å²) in [5, 5.41) is 3.38. The third-order valence-corrected chi connectivity index (χ3v) is 5.70. The van der Waals surface area contributed by atoms with Crippen molar-refractivity contribution >= 4 is 0 Å². The minimum Gasteiger partial charge on any atom is -0.379 e. The lowest BCUT2D eigenvalue weighted by molar-refractivity contribution is -0.0139. The van der Waals surface area contributed by atoms with Crippen LogP contribution < -0.4 is 5.32 Å². The average molecular weight is 281 g/mol. The van der Waals surface area contributed by atoms with Gasteiger partial charge in [0.25, 0.3) is 0 Å². The number of ether oxygens (including phenoxy) is 1. The molecule has 1 spiro atoms. The fourth-order valence-corrected chi connectivity index (χ4v) is 4.03. The summed E-state index contributed by atoms with van der Waals surface area (Å²) >= 11 is 0. The third kappa shape index (κ3) is 4.73. The van der Waals surface area contributed by atoms with E-state index in [1.165, 1.54) is 77.3 Å². The minimum absolute atomic E-state index is 0.571. The molecule has 1 saturated heterocycles. The Morgan fingerprint density at radius 1 is 0.950 bits per heavy atom. The summed E-state index contributed by atoms with van der Waals surface area (Å²) in [4.78, 5) is 0. The van der Waals surface area contributed by atoms with Gasteiger partial charge in [0.2, 0.25) is 0 Å². The van der Waals surface area contributed by atoms with E-state index in [0.29, 0.717) is 11.5 Å². The third-order valence-electron chi connectivity index (χ3n) is 5.70. The van der Waals surface area contributed by atoms with Gasteiger partial charge in [-0.2, -0.15) is 0 Å². The Balaban J connectivity index is 0.000000160. The molecule has 2 heteroatoms. The molecule has 118 valence electrons. The fourth-order valence-electron chi connectivity index (χ4n) is 4.03. The van der Waals surface area contributed by atoms with E-state index >= 15 is 0 Å². The summed E-state index contributed by atoms with van der Waals surface area (Å²) in [5.41, 5.74) is 0.688. The first-order chi connectivity index (χ1) is 9.78. The van der Waals surface area contributed by atoms with E-state index in [1.54, 1.807) is 0 Å². The van der Waals surface area contributed by atoms with Gasteiger partial charge in [-0.1, -0.05) is 45.4 Å². The molecule has 0 aromatic rings. The van der Waals surface area contributed by atoms with Crippen LogP contribution in [0.15, 0.2) is 0 Å². The van der Waals surface area contributed by atoms with Crippen LogP contribution in [0.2, 0.25) is 0 Å². The van der Waals surface area contributed by atoms with Crippen LogP contribution in [0.4, 0.5) is 0 Å². The molecule has 0 amide bonds. The minimum atomic E-state index is 0.571. The van der Waals surface area contributed by atoms with Crippen molar-refractivity contribution in [1.29, 1.82) is 0 Å². The van der Waals surface area contributed by atoms with Crippen molar-refractivity contribution in [3.05, 3.63) is 0 Å². The highest BCUT2D eigenvalue weighted by Crippen LogP contribution is 2.40. The molecule has 1 heterocycles. The highest BCUT2D eigenvalue weighted by molar-refractivity contribution is 4.95. The van der Waals surface area contributed by atoms with Gasteiger partial charge in [0.15, 0.2) is 0 Å². The maximum Gasteiger partial charge on any atom is 0.0575 e. The summed E-state index contributed by atoms with van der Waals surface area (Å²) in [7, 11) is 0. The molecule has 0 bridgehead atoms. The molecule has 0 radical (unpaired) electrons. The quantitative estimate of drug-likeness (QED) is 0.820. The molecule has 1 aliphatic heterocycles. The van der Waals surface area contributed by atoms with Crippen molar-refractivity contribution in [2.45, 2.75) is 84.2 Å². The summed E-state index contributed by atoms with van der Waals surface area (Å²) < 4.78 is 5.62. The molecule has 20 heavy (non-hydrogen) atoms. The number of nitrogens with one attached hydrogen (secondary N) is 1.